The summed E-state index contributed by atoms with van der Waals surface area (Å²) in [4.78, 5) is 2.58. The summed E-state index contributed by atoms with van der Waals surface area (Å²) >= 11 is 0. The second-order valence-electron chi connectivity index (χ2n) is 4.60. The van der Waals surface area contributed by atoms with Gasteiger partial charge in [-0.15, -0.1) is 0 Å². The van der Waals surface area contributed by atoms with E-state index in [0.717, 1.165) is 19.7 Å². The van der Waals surface area contributed by atoms with Crippen LogP contribution < -0.4 is 0 Å². The molecule has 1 aromatic rings. The van der Waals surface area contributed by atoms with Crippen molar-refractivity contribution in [1.29, 1.82) is 0 Å². The summed E-state index contributed by atoms with van der Waals surface area (Å²) in [6.07, 6.45) is 3.08. The molecule has 2 heteroatoms. The summed E-state index contributed by atoms with van der Waals surface area (Å²) < 4.78 is 5.70. The van der Waals surface area contributed by atoms with E-state index < -0.39 is 0 Å². The lowest BCUT2D eigenvalue weighted by molar-refractivity contribution is -0.109. The minimum atomic E-state index is 0.499. The second kappa shape index (κ2) is 3.95. The smallest absolute Gasteiger partial charge is 0.0703 e. The molecule has 0 aromatic heterocycles. The highest BCUT2D eigenvalue weighted by Crippen LogP contribution is 2.27. The number of hydrogen-bond donors (Lipinski definition) is 0. The topological polar surface area (TPSA) is 12.5 Å². The summed E-state index contributed by atoms with van der Waals surface area (Å²) in [6.45, 7) is 3.16. The third-order valence-electron chi connectivity index (χ3n) is 3.53. The first kappa shape index (κ1) is 9.37. The van der Waals surface area contributed by atoms with E-state index >= 15 is 0 Å². The molecule has 3 aliphatic rings. The molecule has 4 rings (SSSR count). The normalized spacial score (nSPS) is 30.7. The molecule has 2 unspecified atom stereocenters. The fourth-order valence-electron chi connectivity index (χ4n) is 2.65. The van der Waals surface area contributed by atoms with Crippen LogP contribution in [0, 0.1) is 0 Å². The Balaban J connectivity index is 1.69. The molecule has 80 valence electrons. The van der Waals surface area contributed by atoms with Crippen molar-refractivity contribution in [3.8, 4) is 0 Å². The van der Waals surface area contributed by atoms with Crippen LogP contribution in [0.2, 0.25) is 0 Å². The van der Waals surface area contributed by atoms with Crippen LogP contribution in [0.15, 0.2) is 30.3 Å². The molecule has 3 saturated heterocycles. The molecule has 0 radical (unpaired) electrons. The van der Waals surface area contributed by atoms with E-state index in [1.54, 1.807) is 0 Å². The van der Waals surface area contributed by atoms with Gasteiger partial charge in [-0.05, 0) is 18.4 Å². The van der Waals surface area contributed by atoms with E-state index in [1.807, 2.05) is 0 Å². The van der Waals surface area contributed by atoms with E-state index in [-0.39, 0.29) is 0 Å². The predicted molar refractivity (Wildman–Crippen MR) is 59.6 cm³/mol. The van der Waals surface area contributed by atoms with Crippen LogP contribution >= 0.6 is 0 Å². The van der Waals surface area contributed by atoms with Crippen LogP contribution in [-0.4, -0.2) is 30.2 Å². The van der Waals surface area contributed by atoms with Gasteiger partial charge in [-0.3, -0.25) is 4.90 Å². The van der Waals surface area contributed by atoms with Gasteiger partial charge in [0.25, 0.3) is 0 Å². The number of morpholine rings is 1. The van der Waals surface area contributed by atoms with Crippen molar-refractivity contribution in [2.24, 2.45) is 0 Å². The molecule has 0 N–H and O–H groups in total. The van der Waals surface area contributed by atoms with Crippen molar-refractivity contribution < 1.29 is 4.74 Å². The fourth-order valence-corrected chi connectivity index (χ4v) is 2.65. The average molecular weight is 203 g/mol. The molecule has 1 aromatic carbocycles. The largest absolute Gasteiger partial charge is 0.375 e. The summed E-state index contributed by atoms with van der Waals surface area (Å²) in [6, 6.07) is 11.4. The van der Waals surface area contributed by atoms with Crippen molar-refractivity contribution in [3.63, 3.8) is 0 Å². The Morgan fingerprint density at radius 3 is 2.67 bits per heavy atom. The summed E-state index contributed by atoms with van der Waals surface area (Å²) in [5.41, 5.74) is 1.42. The monoisotopic (exact) mass is 203 g/mol. The molecule has 3 heterocycles. The highest BCUT2D eigenvalue weighted by atomic mass is 16.5. The standard InChI is InChI=1S/C13H17NO/c1-2-4-11(5-3-1)8-14-9-13-7-6-12(14)10-15-13/h1-5,12-13H,6-10H2. The van der Waals surface area contributed by atoms with Crippen molar-refractivity contribution in [1.82, 2.24) is 4.90 Å². The first-order chi connectivity index (χ1) is 7.42. The zero-order valence-electron chi connectivity index (χ0n) is 8.93. The highest BCUT2D eigenvalue weighted by molar-refractivity contribution is 5.15. The number of rotatable bonds is 2. The fraction of sp³-hybridized carbons (Fsp3) is 0.538. The number of piperidine rings is 1. The highest BCUT2D eigenvalue weighted by Gasteiger charge is 2.34. The van der Waals surface area contributed by atoms with E-state index in [2.05, 4.69) is 35.2 Å². The summed E-state index contributed by atoms with van der Waals surface area (Å²) in [5, 5.41) is 0. The van der Waals surface area contributed by atoms with Gasteiger partial charge >= 0.3 is 0 Å². The van der Waals surface area contributed by atoms with Crippen LogP contribution in [0.4, 0.5) is 0 Å². The van der Waals surface area contributed by atoms with Gasteiger partial charge in [0.1, 0.15) is 0 Å². The quantitative estimate of drug-likeness (QED) is 0.729. The minimum Gasteiger partial charge on any atom is -0.375 e. The lowest BCUT2D eigenvalue weighted by atomic mass is 9.96. The third kappa shape index (κ3) is 1.92. The maximum atomic E-state index is 5.70. The van der Waals surface area contributed by atoms with Crippen LogP contribution in [0.25, 0.3) is 0 Å². The number of nitrogens with zero attached hydrogens (tertiary/aromatic N) is 1. The second-order valence-corrected chi connectivity index (χ2v) is 4.60. The van der Waals surface area contributed by atoms with Gasteiger partial charge in [0.15, 0.2) is 0 Å². The van der Waals surface area contributed by atoms with Crippen molar-refractivity contribution in [2.75, 3.05) is 13.2 Å². The number of benzene rings is 1. The van der Waals surface area contributed by atoms with E-state index in [9.17, 15) is 0 Å². The van der Waals surface area contributed by atoms with E-state index in [0.29, 0.717) is 12.1 Å². The van der Waals surface area contributed by atoms with E-state index in [4.69, 9.17) is 4.74 Å². The molecule has 2 bridgehead atoms. The Bertz CT molecular complexity index is 317. The summed E-state index contributed by atoms with van der Waals surface area (Å²) in [5.74, 6) is 0. The Labute approximate surface area is 90.8 Å². The van der Waals surface area contributed by atoms with Gasteiger partial charge in [0, 0.05) is 19.1 Å². The van der Waals surface area contributed by atoms with Gasteiger partial charge < -0.3 is 4.74 Å². The molecule has 3 aliphatic heterocycles. The molecule has 0 aliphatic carbocycles. The Kier molecular flexibility index (Phi) is 2.47. The van der Waals surface area contributed by atoms with Crippen molar-refractivity contribution >= 4 is 0 Å². The number of ether oxygens (including phenoxy) is 1. The molecular formula is C13H17NO. The molecule has 0 amide bonds. The Morgan fingerprint density at radius 2 is 2.07 bits per heavy atom. The maximum absolute atomic E-state index is 5.70. The molecule has 2 nitrogen and oxygen atoms in total. The maximum Gasteiger partial charge on any atom is 0.0703 e. The third-order valence-corrected chi connectivity index (χ3v) is 3.53. The minimum absolute atomic E-state index is 0.499. The van der Waals surface area contributed by atoms with Gasteiger partial charge in [0.05, 0.1) is 12.7 Å². The molecule has 2 atom stereocenters. The zero-order chi connectivity index (χ0) is 10.1. The molecule has 15 heavy (non-hydrogen) atoms. The van der Waals surface area contributed by atoms with E-state index in [1.165, 1.54) is 18.4 Å². The summed E-state index contributed by atoms with van der Waals surface area (Å²) in [7, 11) is 0. The number of fused-ring (bicyclic) bond motifs is 3. The van der Waals surface area contributed by atoms with Crippen molar-refractivity contribution in [2.45, 2.75) is 31.5 Å². The van der Waals surface area contributed by atoms with Crippen LogP contribution in [0.3, 0.4) is 0 Å². The lowest BCUT2D eigenvalue weighted by Crippen LogP contribution is -2.53. The van der Waals surface area contributed by atoms with Gasteiger partial charge in [-0.2, -0.15) is 0 Å². The molecule has 0 saturated carbocycles. The van der Waals surface area contributed by atoms with Gasteiger partial charge in [-0.1, -0.05) is 30.3 Å². The molecule has 3 fully saturated rings. The first-order valence-corrected chi connectivity index (χ1v) is 5.81. The van der Waals surface area contributed by atoms with Crippen molar-refractivity contribution in [3.05, 3.63) is 35.9 Å². The predicted octanol–water partition coefficient (Wildman–Crippen LogP) is 2.05. The molecular weight excluding hydrogens is 186 g/mol. The molecule has 0 spiro atoms. The van der Waals surface area contributed by atoms with Gasteiger partial charge in [0.2, 0.25) is 0 Å². The Hall–Kier alpha value is -0.860. The zero-order valence-corrected chi connectivity index (χ0v) is 8.93. The SMILES string of the molecule is c1ccc(CN2CC3CCC2CO3)cc1. The average Bonchev–Trinajstić information content (AvgIpc) is 2.32. The first-order valence-electron chi connectivity index (χ1n) is 5.81. The van der Waals surface area contributed by atoms with Crippen LogP contribution in [0.1, 0.15) is 18.4 Å². The van der Waals surface area contributed by atoms with Crippen LogP contribution in [0.5, 0.6) is 0 Å². The van der Waals surface area contributed by atoms with Gasteiger partial charge in [-0.25, -0.2) is 0 Å². The lowest BCUT2D eigenvalue weighted by Gasteiger charge is -2.45. The number of hydrogen-bond acceptors (Lipinski definition) is 2. The van der Waals surface area contributed by atoms with Crippen LogP contribution in [-0.2, 0) is 11.3 Å². The Morgan fingerprint density at radius 1 is 1.20 bits per heavy atom.